The van der Waals surface area contributed by atoms with Crippen LogP contribution in [0.4, 0.5) is 20.2 Å². The maximum absolute atomic E-state index is 14.0. The lowest BCUT2D eigenvalue weighted by atomic mass is 10.1. The number of benzene rings is 2. The number of methoxy groups -OCH3 is 1. The normalized spacial score (nSPS) is 10.7. The topological polar surface area (TPSA) is 77.2 Å². The Morgan fingerprint density at radius 1 is 1.28 bits per heavy atom. The molecule has 1 heterocycles. The van der Waals surface area contributed by atoms with Crippen molar-refractivity contribution < 1.29 is 18.3 Å². The fourth-order valence-corrected chi connectivity index (χ4v) is 2.89. The van der Waals surface area contributed by atoms with E-state index >= 15 is 0 Å². The van der Waals surface area contributed by atoms with E-state index in [-0.39, 0.29) is 16.9 Å². The number of hydrogen-bond donors (Lipinski definition) is 2. The third kappa shape index (κ3) is 3.25. The van der Waals surface area contributed by atoms with E-state index in [0.29, 0.717) is 21.1 Å². The lowest BCUT2D eigenvalue weighted by Crippen LogP contribution is -2.14. The smallest absolute Gasteiger partial charge is 0.252 e. The molecule has 1 amide bonds. The number of carbonyl (C=O) groups excluding carboxylic acids is 1. The van der Waals surface area contributed by atoms with Gasteiger partial charge in [-0.1, -0.05) is 0 Å². The van der Waals surface area contributed by atoms with Crippen LogP contribution < -0.4 is 15.8 Å². The quantitative estimate of drug-likeness (QED) is 0.681. The molecule has 3 aromatic rings. The Bertz CT molecular complexity index is 995. The van der Waals surface area contributed by atoms with Gasteiger partial charge in [-0.05, 0) is 40.2 Å². The van der Waals surface area contributed by atoms with Crippen molar-refractivity contribution in [2.24, 2.45) is 5.73 Å². The Morgan fingerprint density at radius 2 is 2.04 bits per heavy atom. The molecule has 0 saturated heterocycles. The lowest BCUT2D eigenvalue weighted by molar-refractivity contribution is 0.100. The van der Waals surface area contributed by atoms with E-state index in [1.165, 1.54) is 19.4 Å². The van der Waals surface area contributed by atoms with Gasteiger partial charge in [-0.2, -0.15) is 0 Å². The summed E-state index contributed by atoms with van der Waals surface area (Å²) in [5.74, 6) is -1.74. The van der Waals surface area contributed by atoms with E-state index in [4.69, 9.17) is 10.5 Å². The number of fused-ring (bicyclic) bond motifs is 1. The zero-order valence-electron chi connectivity index (χ0n) is 12.9. The molecule has 8 heteroatoms. The monoisotopic (exact) mass is 407 g/mol. The van der Waals surface area contributed by atoms with Crippen molar-refractivity contribution >= 4 is 44.1 Å². The van der Waals surface area contributed by atoms with Gasteiger partial charge in [0.15, 0.2) is 0 Å². The molecule has 25 heavy (non-hydrogen) atoms. The third-order valence-corrected chi connectivity index (χ3v) is 4.22. The maximum atomic E-state index is 14.0. The van der Waals surface area contributed by atoms with Crippen LogP contribution >= 0.6 is 15.9 Å². The first-order valence-corrected chi connectivity index (χ1v) is 7.88. The zero-order valence-corrected chi connectivity index (χ0v) is 14.5. The molecule has 0 fully saturated rings. The Kier molecular flexibility index (Phi) is 4.54. The predicted octanol–water partition coefficient (Wildman–Crippen LogP) is 4.13. The highest BCUT2D eigenvalue weighted by Gasteiger charge is 2.17. The van der Waals surface area contributed by atoms with E-state index in [0.717, 1.165) is 12.1 Å². The highest BCUT2D eigenvalue weighted by molar-refractivity contribution is 9.10. The number of carbonyl (C=O) groups is 1. The van der Waals surface area contributed by atoms with Crippen LogP contribution in [0.5, 0.6) is 5.75 Å². The number of nitrogens with zero attached hydrogens (tertiary/aromatic N) is 1. The number of nitrogens with two attached hydrogens (primary N) is 1. The molecule has 0 atom stereocenters. The van der Waals surface area contributed by atoms with Crippen LogP contribution in [0.3, 0.4) is 0 Å². The SMILES string of the molecule is COc1cc2c(Nc3ccc(F)cc3F)c(C(N)=O)cnc2cc1Br. The van der Waals surface area contributed by atoms with Crippen molar-refractivity contribution in [3.8, 4) is 5.75 Å². The molecule has 0 radical (unpaired) electrons. The van der Waals surface area contributed by atoms with Gasteiger partial charge in [0.2, 0.25) is 0 Å². The summed E-state index contributed by atoms with van der Waals surface area (Å²) in [5, 5.41) is 3.31. The van der Waals surface area contributed by atoms with Gasteiger partial charge in [-0.3, -0.25) is 9.78 Å². The van der Waals surface area contributed by atoms with Gasteiger partial charge in [0.05, 0.1) is 34.0 Å². The molecule has 0 aliphatic carbocycles. The van der Waals surface area contributed by atoms with Crippen molar-refractivity contribution in [2.45, 2.75) is 0 Å². The lowest BCUT2D eigenvalue weighted by Gasteiger charge is -2.15. The van der Waals surface area contributed by atoms with E-state index < -0.39 is 17.5 Å². The van der Waals surface area contributed by atoms with Crippen molar-refractivity contribution in [1.82, 2.24) is 4.98 Å². The number of anilines is 2. The first-order chi connectivity index (χ1) is 11.9. The second-order valence-corrected chi connectivity index (χ2v) is 6.02. The number of primary amides is 1. The molecule has 0 unspecified atom stereocenters. The second kappa shape index (κ2) is 6.64. The number of aromatic nitrogens is 1. The highest BCUT2D eigenvalue weighted by Crippen LogP contribution is 2.36. The van der Waals surface area contributed by atoms with Gasteiger partial charge in [0.1, 0.15) is 17.4 Å². The van der Waals surface area contributed by atoms with Gasteiger partial charge >= 0.3 is 0 Å². The van der Waals surface area contributed by atoms with E-state index in [2.05, 4.69) is 26.2 Å². The maximum Gasteiger partial charge on any atom is 0.252 e. The molecule has 3 rings (SSSR count). The van der Waals surface area contributed by atoms with E-state index in [9.17, 15) is 13.6 Å². The Morgan fingerprint density at radius 3 is 2.68 bits per heavy atom. The van der Waals surface area contributed by atoms with Gasteiger partial charge in [0.25, 0.3) is 5.91 Å². The number of halogens is 3. The highest BCUT2D eigenvalue weighted by atomic mass is 79.9. The summed E-state index contributed by atoms with van der Waals surface area (Å²) >= 11 is 3.36. The fourth-order valence-electron chi connectivity index (χ4n) is 2.40. The molecule has 3 N–H and O–H groups in total. The number of nitrogens with one attached hydrogen (secondary N) is 1. The fraction of sp³-hybridized carbons (Fsp3) is 0.0588. The minimum atomic E-state index is -0.801. The molecule has 1 aromatic heterocycles. The molecular formula is C17H12BrF2N3O2. The first-order valence-electron chi connectivity index (χ1n) is 7.09. The number of pyridine rings is 1. The third-order valence-electron chi connectivity index (χ3n) is 3.60. The minimum absolute atomic E-state index is 0.00159. The number of hydrogen-bond acceptors (Lipinski definition) is 4. The molecule has 0 aliphatic heterocycles. The average molecular weight is 408 g/mol. The minimum Gasteiger partial charge on any atom is -0.496 e. The summed E-state index contributed by atoms with van der Waals surface area (Å²) in [4.78, 5) is 16.0. The number of amides is 1. The zero-order chi connectivity index (χ0) is 18.1. The second-order valence-electron chi connectivity index (χ2n) is 5.16. The number of ether oxygens (including phenoxy) is 1. The summed E-state index contributed by atoms with van der Waals surface area (Å²) in [6.45, 7) is 0. The average Bonchev–Trinajstić information content (AvgIpc) is 2.56. The van der Waals surface area contributed by atoms with Crippen LogP contribution in [-0.4, -0.2) is 18.0 Å². The predicted molar refractivity (Wildman–Crippen MR) is 94.2 cm³/mol. The van der Waals surface area contributed by atoms with E-state index in [1.54, 1.807) is 12.1 Å². The molecule has 128 valence electrons. The summed E-state index contributed by atoms with van der Waals surface area (Å²) in [5.41, 5.74) is 6.27. The van der Waals surface area contributed by atoms with Gasteiger partial charge in [0, 0.05) is 17.6 Å². The molecular weight excluding hydrogens is 396 g/mol. The summed E-state index contributed by atoms with van der Waals surface area (Å²) < 4.78 is 33.1. The Hall–Kier alpha value is -2.74. The Labute approximate surface area is 149 Å². The summed E-state index contributed by atoms with van der Waals surface area (Å²) in [6.07, 6.45) is 1.30. The summed E-state index contributed by atoms with van der Waals surface area (Å²) in [7, 11) is 1.49. The van der Waals surface area contributed by atoms with Crippen LogP contribution in [0.25, 0.3) is 10.9 Å². The molecule has 0 saturated carbocycles. The van der Waals surface area contributed by atoms with Crippen LogP contribution in [-0.2, 0) is 0 Å². The molecule has 2 aromatic carbocycles. The van der Waals surface area contributed by atoms with Gasteiger partial charge < -0.3 is 15.8 Å². The molecule has 0 bridgehead atoms. The Balaban J connectivity index is 2.25. The standard InChI is InChI=1S/C17H12BrF2N3O2/c1-25-15-5-9-14(6-11(15)18)22-7-10(17(21)24)16(9)23-13-3-2-8(19)4-12(13)20/h2-7H,1H3,(H2,21,24)(H,22,23). The first kappa shape index (κ1) is 17.1. The van der Waals surface area contributed by atoms with Crippen LogP contribution in [0.15, 0.2) is 41.0 Å². The van der Waals surface area contributed by atoms with Gasteiger partial charge in [-0.25, -0.2) is 8.78 Å². The van der Waals surface area contributed by atoms with Crippen molar-refractivity contribution in [3.63, 3.8) is 0 Å². The van der Waals surface area contributed by atoms with Crippen LogP contribution in [0.1, 0.15) is 10.4 Å². The van der Waals surface area contributed by atoms with Gasteiger partial charge in [-0.15, -0.1) is 0 Å². The van der Waals surface area contributed by atoms with Crippen LogP contribution in [0, 0.1) is 11.6 Å². The molecule has 5 nitrogen and oxygen atoms in total. The van der Waals surface area contributed by atoms with Crippen molar-refractivity contribution in [1.29, 1.82) is 0 Å². The van der Waals surface area contributed by atoms with Crippen molar-refractivity contribution in [2.75, 3.05) is 12.4 Å². The molecule has 0 spiro atoms. The largest absolute Gasteiger partial charge is 0.496 e. The van der Waals surface area contributed by atoms with Crippen LogP contribution in [0.2, 0.25) is 0 Å². The van der Waals surface area contributed by atoms with E-state index in [1.807, 2.05) is 0 Å². The molecule has 0 aliphatic rings. The number of rotatable bonds is 4. The van der Waals surface area contributed by atoms with Crippen molar-refractivity contribution in [3.05, 3.63) is 58.2 Å². The summed E-state index contributed by atoms with van der Waals surface area (Å²) in [6, 6.07) is 6.42.